The Balaban J connectivity index is 2.20. The molecule has 8 heteroatoms. The van der Waals surface area contributed by atoms with E-state index >= 15 is 0 Å². The van der Waals surface area contributed by atoms with Crippen LogP contribution in [0.4, 0.5) is 11.4 Å². The van der Waals surface area contributed by atoms with Crippen molar-refractivity contribution in [2.45, 2.75) is 38.4 Å². The van der Waals surface area contributed by atoms with E-state index < -0.39 is 21.0 Å². The van der Waals surface area contributed by atoms with Gasteiger partial charge in [-0.25, -0.2) is 8.42 Å². The molecule has 0 radical (unpaired) electrons. The third-order valence-electron chi connectivity index (χ3n) is 3.99. The molecule has 1 aliphatic rings. The van der Waals surface area contributed by atoms with Crippen molar-refractivity contribution in [1.82, 2.24) is 0 Å². The van der Waals surface area contributed by atoms with Gasteiger partial charge in [-0.1, -0.05) is 18.5 Å². The third-order valence-corrected chi connectivity index (χ3v) is 6.59. The first-order valence-corrected chi connectivity index (χ1v) is 9.98. The number of sulfone groups is 1. The molecular formula is C16H21ClN2O4S. The fourth-order valence-corrected chi connectivity index (χ4v) is 4.03. The number of rotatable bonds is 6. The number of carbonyl (C=O) groups is 2. The van der Waals surface area contributed by atoms with Crippen LogP contribution in [0, 0.1) is 0 Å². The Hall–Kier alpha value is -1.60. The lowest BCUT2D eigenvalue weighted by molar-refractivity contribution is -0.117. The van der Waals surface area contributed by atoms with Gasteiger partial charge in [-0.3, -0.25) is 9.59 Å². The van der Waals surface area contributed by atoms with E-state index in [-0.39, 0.29) is 11.7 Å². The monoisotopic (exact) mass is 372 g/mol. The fourth-order valence-electron chi connectivity index (χ4n) is 2.56. The van der Waals surface area contributed by atoms with Gasteiger partial charge in [0.25, 0.3) is 0 Å². The molecule has 1 fully saturated rings. The lowest BCUT2D eigenvalue weighted by atomic mass is 10.2. The summed E-state index contributed by atoms with van der Waals surface area (Å²) in [6, 6.07) is 4.89. The van der Waals surface area contributed by atoms with Crippen molar-refractivity contribution in [3.63, 3.8) is 0 Å². The molecule has 24 heavy (non-hydrogen) atoms. The summed E-state index contributed by atoms with van der Waals surface area (Å²) in [6.45, 7) is 3.73. The molecule has 0 aliphatic carbocycles. The second-order valence-electron chi connectivity index (χ2n) is 5.81. The first kappa shape index (κ1) is 18.7. The van der Waals surface area contributed by atoms with E-state index in [0.717, 1.165) is 6.42 Å². The van der Waals surface area contributed by atoms with Crippen molar-refractivity contribution in [2.24, 2.45) is 0 Å². The summed E-state index contributed by atoms with van der Waals surface area (Å²) < 4.78 is 24.0. The summed E-state index contributed by atoms with van der Waals surface area (Å²) in [5.41, 5.74) is 0.943. The second-order valence-corrected chi connectivity index (χ2v) is 8.66. The predicted octanol–water partition coefficient (Wildman–Crippen LogP) is 2.62. The SMILES string of the molecule is CCCS(=O)(=O)C(C)C(=O)Nc1cc(N2CCCC2=O)ccc1Cl. The first-order valence-electron chi connectivity index (χ1n) is 7.88. The molecule has 132 valence electrons. The summed E-state index contributed by atoms with van der Waals surface area (Å²) in [7, 11) is -3.50. The molecule has 2 amide bonds. The maximum Gasteiger partial charge on any atom is 0.242 e. The Morgan fingerprint density at radius 1 is 1.42 bits per heavy atom. The van der Waals surface area contributed by atoms with Crippen LogP contribution in [0.5, 0.6) is 0 Å². The van der Waals surface area contributed by atoms with Crippen molar-refractivity contribution < 1.29 is 18.0 Å². The Labute approximate surface area is 147 Å². The van der Waals surface area contributed by atoms with Crippen LogP contribution in [0.25, 0.3) is 0 Å². The molecule has 1 aromatic rings. The van der Waals surface area contributed by atoms with Crippen molar-refractivity contribution >= 4 is 44.6 Å². The van der Waals surface area contributed by atoms with Crippen LogP contribution in [0.15, 0.2) is 18.2 Å². The number of hydrogen-bond donors (Lipinski definition) is 1. The third kappa shape index (κ3) is 4.08. The maximum atomic E-state index is 12.3. The Kier molecular flexibility index (Phi) is 5.87. The van der Waals surface area contributed by atoms with Crippen molar-refractivity contribution in [1.29, 1.82) is 0 Å². The Morgan fingerprint density at radius 2 is 2.12 bits per heavy atom. The van der Waals surface area contributed by atoms with Gasteiger partial charge in [0.1, 0.15) is 5.25 Å². The van der Waals surface area contributed by atoms with E-state index in [1.165, 1.54) is 6.92 Å². The second kappa shape index (κ2) is 7.53. The lowest BCUT2D eigenvalue weighted by Gasteiger charge is -2.18. The molecule has 1 aromatic carbocycles. The molecule has 1 aliphatic heterocycles. The molecule has 1 N–H and O–H groups in total. The Morgan fingerprint density at radius 3 is 2.71 bits per heavy atom. The number of halogens is 1. The molecule has 6 nitrogen and oxygen atoms in total. The van der Waals surface area contributed by atoms with E-state index in [9.17, 15) is 18.0 Å². The van der Waals surface area contributed by atoms with Crippen LogP contribution in [0.1, 0.15) is 33.1 Å². The number of amides is 2. The van der Waals surface area contributed by atoms with E-state index in [1.54, 1.807) is 30.0 Å². The number of benzene rings is 1. The first-order chi connectivity index (χ1) is 11.3. The zero-order valence-corrected chi connectivity index (χ0v) is 15.3. The average Bonchev–Trinajstić information content (AvgIpc) is 2.94. The zero-order chi connectivity index (χ0) is 17.9. The average molecular weight is 373 g/mol. The summed E-state index contributed by atoms with van der Waals surface area (Å²) in [5.74, 6) is -0.652. The van der Waals surface area contributed by atoms with Gasteiger partial charge in [-0.05, 0) is 38.0 Å². The molecule has 1 saturated heterocycles. The van der Waals surface area contributed by atoms with Crippen LogP contribution in [-0.2, 0) is 19.4 Å². The summed E-state index contributed by atoms with van der Waals surface area (Å²) >= 11 is 6.10. The van der Waals surface area contributed by atoms with Gasteiger partial charge in [-0.2, -0.15) is 0 Å². The van der Waals surface area contributed by atoms with Gasteiger partial charge in [0.2, 0.25) is 11.8 Å². The highest BCUT2D eigenvalue weighted by molar-refractivity contribution is 7.92. The summed E-state index contributed by atoms with van der Waals surface area (Å²) in [6.07, 6.45) is 1.74. The number of hydrogen-bond acceptors (Lipinski definition) is 4. The van der Waals surface area contributed by atoms with Gasteiger partial charge in [0, 0.05) is 18.7 Å². The summed E-state index contributed by atoms with van der Waals surface area (Å²) in [5, 5.41) is 1.69. The van der Waals surface area contributed by atoms with E-state index in [4.69, 9.17) is 11.6 Å². The van der Waals surface area contributed by atoms with Gasteiger partial charge < -0.3 is 10.2 Å². The van der Waals surface area contributed by atoms with Crippen molar-refractivity contribution in [3.05, 3.63) is 23.2 Å². The van der Waals surface area contributed by atoms with Crippen LogP contribution < -0.4 is 10.2 Å². The van der Waals surface area contributed by atoms with Gasteiger partial charge in [0.15, 0.2) is 9.84 Å². The fraction of sp³-hybridized carbons (Fsp3) is 0.500. The van der Waals surface area contributed by atoms with Crippen molar-refractivity contribution in [3.8, 4) is 0 Å². The van der Waals surface area contributed by atoms with Crippen LogP contribution in [0.2, 0.25) is 5.02 Å². The normalized spacial score (nSPS) is 16.3. The Bertz CT molecular complexity index is 748. The smallest absolute Gasteiger partial charge is 0.242 e. The molecule has 0 saturated carbocycles. The van der Waals surface area contributed by atoms with E-state index in [0.29, 0.717) is 35.8 Å². The molecule has 1 unspecified atom stereocenters. The minimum absolute atomic E-state index is 0.0218. The minimum Gasteiger partial charge on any atom is -0.324 e. The minimum atomic E-state index is -3.50. The molecule has 0 aromatic heterocycles. The van der Waals surface area contributed by atoms with Crippen molar-refractivity contribution in [2.75, 3.05) is 22.5 Å². The topological polar surface area (TPSA) is 83.6 Å². The summed E-state index contributed by atoms with van der Waals surface area (Å²) in [4.78, 5) is 25.7. The molecule has 0 bridgehead atoms. The number of nitrogens with zero attached hydrogens (tertiary/aromatic N) is 1. The molecule has 1 heterocycles. The highest BCUT2D eigenvalue weighted by Gasteiger charge is 2.28. The van der Waals surface area contributed by atoms with Gasteiger partial charge >= 0.3 is 0 Å². The van der Waals surface area contributed by atoms with E-state index in [1.807, 2.05) is 0 Å². The molecule has 0 spiro atoms. The van der Waals surface area contributed by atoms with E-state index in [2.05, 4.69) is 5.32 Å². The number of nitrogens with one attached hydrogen (secondary N) is 1. The largest absolute Gasteiger partial charge is 0.324 e. The number of carbonyl (C=O) groups excluding carboxylic acids is 2. The van der Waals surface area contributed by atoms with Gasteiger partial charge in [0.05, 0.1) is 16.5 Å². The van der Waals surface area contributed by atoms with Gasteiger partial charge in [-0.15, -0.1) is 0 Å². The number of anilines is 2. The molecule has 1 atom stereocenters. The molecular weight excluding hydrogens is 352 g/mol. The standard InChI is InChI=1S/C16H21ClN2O4S/c1-3-9-24(22,23)11(2)16(21)18-14-10-12(6-7-13(14)17)19-8-4-5-15(19)20/h6-7,10-11H,3-5,8-9H2,1-2H3,(H,18,21). The highest BCUT2D eigenvalue weighted by Crippen LogP contribution is 2.30. The maximum absolute atomic E-state index is 12.3. The van der Waals surface area contributed by atoms with Crippen LogP contribution >= 0.6 is 11.6 Å². The van der Waals surface area contributed by atoms with Crippen LogP contribution in [-0.4, -0.2) is 37.8 Å². The quantitative estimate of drug-likeness (QED) is 0.831. The lowest BCUT2D eigenvalue weighted by Crippen LogP contribution is -2.34. The van der Waals surface area contributed by atoms with Crippen LogP contribution in [0.3, 0.4) is 0 Å². The molecule has 2 rings (SSSR count). The highest BCUT2D eigenvalue weighted by atomic mass is 35.5. The predicted molar refractivity (Wildman–Crippen MR) is 95.2 cm³/mol. The zero-order valence-electron chi connectivity index (χ0n) is 13.7.